The van der Waals surface area contributed by atoms with Crippen LogP contribution in [0.1, 0.15) is 24.8 Å². The third kappa shape index (κ3) is 2.25. The van der Waals surface area contributed by atoms with Crippen LogP contribution in [0.15, 0.2) is 24.5 Å². The Labute approximate surface area is 107 Å². The SMILES string of the molecule is O=C(NCc1ccncc1)C1CC12CCNCC2. The highest BCUT2D eigenvalue weighted by atomic mass is 16.2. The van der Waals surface area contributed by atoms with Crippen LogP contribution in [0.5, 0.6) is 0 Å². The van der Waals surface area contributed by atoms with Gasteiger partial charge in [0.2, 0.25) is 5.91 Å². The van der Waals surface area contributed by atoms with Crippen LogP contribution in [0.3, 0.4) is 0 Å². The maximum Gasteiger partial charge on any atom is 0.223 e. The highest BCUT2D eigenvalue weighted by Gasteiger charge is 2.57. The monoisotopic (exact) mass is 245 g/mol. The molecule has 0 aromatic carbocycles. The second kappa shape index (κ2) is 4.69. The van der Waals surface area contributed by atoms with Crippen molar-refractivity contribution in [1.29, 1.82) is 0 Å². The maximum atomic E-state index is 12.1. The summed E-state index contributed by atoms with van der Waals surface area (Å²) in [7, 11) is 0. The minimum absolute atomic E-state index is 0.230. The van der Waals surface area contributed by atoms with Gasteiger partial charge < -0.3 is 10.6 Å². The van der Waals surface area contributed by atoms with Gasteiger partial charge >= 0.3 is 0 Å². The van der Waals surface area contributed by atoms with E-state index in [2.05, 4.69) is 15.6 Å². The number of carbonyl (C=O) groups excluding carboxylic acids is 1. The molecule has 1 aromatic heterocycles. The van der Waals surface area contributed by atoms with E-state index >= 15 is 0 Å². The summed E-state index contributed by atoms with van der Waals surface area (Å²) in [4.78, 5) is 16.1. The predicted octanol–water partition coefficient (Wildman–Crippen LogP) is 1.09. The Balaban J connectivity index is 1.51. The first kappa shape index (κ1) is 11.7. The third-order valence-corrected chi connectivity index (χ3v) is 4.32. The summed E-state index contributed by atoms with van der Waals surface area (Å²) in [5, 5.41) is 6.40. The van der Waals surface area contributed by atoms with Crippen LogP contribution < -0.4 is 10.6 Å². The van der Waals surface area contributed by atoms with Crippen LogP contribution in [0.4, 0.5) is 0 Å². The molecule has 1 aromatic rings. The second-order valence-corrected chi connectivity index (χ2v) is 5.44. The average Bonchev–Trinajstić information content (AvgIpc) is 3.12. The van der Waals surface area contributed by atoms with E-state index in [0.29, 0.717) is 12.0 Å². The summed E-state index contributed by atoms with van der Waals surface area (Å²) in [5.74, 6) is 0.482. The van der Waals surface area contributed by atoms with E-state index in [9.17, 15) is 4.79 Å². The minimum Gasteiger partial charge on any atom is -0.352 e. The molecule has 2 aliphatic rings. The molecule has 1 unspecified atom stereocenters. The van der Waals surface area contributed by atoms with Crippen LogP contribution in [-0.2, 0) is 11.3 Å². The molecule has 1 aliphatic carbocycles. The van der Waals surface area contributed by atoms with Gasteiger partial charge in [-0.05, 0) is 55.5 Å². The van der Waals surface area contributed by atoms with Crippen molar-refractivity contribution in [3.05, 3.63) is 30.1 Å². The molecule has 1 saturated carbocycles. The third-order valence-electron chi connectivity index (χ3n) is 4.32. The number of carbonyl (C=O) groups is 1. The Morgan fingerprint density at radius 1 is 1.39 bits per heavy atom. The molecule has 1 saturated heterocycles. The molecule has 3 rings (SSSR count). The van der Waals surface area contributed by atoms with Crippen molar-refractivity contribution >= 4 is 5.91 Å². The molecule has 0 bridgehead atoms. The maximum absolute atomic E-state index is 12.1. The number of rotatable bonds is 3. The lowest BCUT2D eigenvalue weighted by atomic mass is 9.92. The van der Waals surface area contributed by atoms with Gasteiger partial charge in [-0.25, -0.2) is 0 Å². The number of hydrogen-bond donors (Lipinski definition) is 2. The fourth-order valence-electron chi connectivity index (χ4n) is 3.01. The number of hydrogen-bond acceptors (Lipinski definition) is 3. The van der Waals surface area contributed by atoms with Gasteiger partial charge in [-0.3, -0.25) is 9.78 Å². The van der Waals surface area contributed by atoms with Crippen molar-refractivity contribution in [3.63, 3.8) is 0 Å². The van der Waals surface area contributed by atoms with Crippen molar-refractivity contribution in [3.8, 4) is 0 Å². The molecule has 1 aliphatic heterocycles. The number of aromatic nitrogens is 1. The summed E-state index contributed by atoms with van der Waals surface area (Å²) in [6.07, 6.45) is 6.90. The van der Waals surface area contributed by atoms with Gasteiger partial charge in [0.05, 0.1) is 0 Å². The number of nitrogens with one attached hydrogen (secondary N) is 2. The zero-order valence-corrected chi connectivity index (χ0v) is 10.5. The molecule has 2 fully saturated rings. The largest absolute Gasteiger partial charge is 0.352 e. The average molecular weight is 245 g/mol. The summed E-state index contributed by atoms with van der Waals surface area (Å²) >= 11 is 0. The fraction of sp³-hybridized carbons (Fsp3) is 0.571. The number of piperidine rings is 1. The quantitative estimate of drug-likeness (QED) is 0.838. The van der Waals surface area contributed by atoms with Crippen molar-refractivity contribution in [2.24, 2.45) is 11.3 Å². The van der Waals surface area contributed by atoms with Crippen molar-refractivity contribution in [2.45, 2.75) is 25.8 Å². The standard InChI is InChI=1S/C14H19N3O/c18-13(17-10-11-1-5-15-6-2-11)12-9-14(12)3-7-16-8-4-14/h1-2,5-6,12,16H,3-4,7-10H2,(H,17,18). The number of pyridine rings is 1. The lowest BCUT2D eigenvalue weighted by Gasteiger charge is -2.23. The van der Waals surface area contributed by atoms with Gasteiger partial charge in [-0.1, -0.05) is 0 Å². The zero-order valence-electron chi connectivity index (χ0n) is 10.5. The molecule has 1 amide bonds. The van der Waals surface area contributed by atoms with Crippen LogP contribution in [0, 0.1) is 11.3 Å². The van der Waals surface area contributed by atoms with Crippen LogP contribution in [0.2, 0.25) is 0 Å². The summed E-state index contributed by atoms with van der Waals surface area (Å²) in [6.45, 7) is 2.74. The van der Waals surface area contributed by atoms with Crippen LogP contribution in [-0.4, -0.2) is 24.0 Å². The Kier molecular flexibility index (Phi) is 3.04. The van der Waals surface area contributed by atoms with E-state index in [1.165, 1.54) is 0 Å². The molecule has 4 nitrogen and oxygen atoms in total. The van der Waals surface area contributed by atoms with E-state index in [0.717, 1.165) is 37.9 Å². The molecule has 1 atom stereocenters. The van der Waals surface area contributed by atoms with Crippen molar-refractivity contribution in [2.75, 3.05) is 13.1 Å². The highest BCUT2D eigenvalue weighted by molar-refractivity contribution is 5.82. The van der Waals surface area contributed by atoms with E-state index in [1.54, 1.807) is 12.4 Å². The second-order valence-electron chi connectivity index (χ2n) is 5.44. The van der Waals surface area contributed by atoms with E-state index in [1.807, 2.05) is 12.1 Å². The molecule has 2 heterocycles. The first-order valence-corrected chi connectivity index (χ1v) is 6.68. The highest BCUT2D eigenvalue weighted by Crippen LogP contribution is 2.58. The summed E-state index contributed by atoms with van der Waals surface area (Å²) in [6, 6.07) is 3.88. The van der Waals surface area contributed by atoms with Crippen LogP contribution in [0.25, 0.3) is 0 Å². The van der Waals surface area contributed by atoms with E-state index in [-0.39, 0.29) is 11.8 Å². The number of amides is 1. The van der Waals surface area contributed by atoms with E-state index < -0.39 is 0 Å². The van der Waals surface area contributed by atoms with Crippen molar-refractivity contribution < 1.29 is 4.79 Å². The zero-order chi connectivity index (χ0) is 12.4. The molecule has 1 spiro atoms. The Bertz CT molecular complexity index is 426. The van der Waals surface area contributed by atoms with Gasteiger partial charge in [0.1, 0.15) is 0 Å². The minimum atomic E-state index is 0.230. The summed E-state index contributed by atoms with van der Waals surface area (Å²) in [5.41, 5.74) is 1.44. The molecule has 96 valence electrons. The Morgan fingerprint density at radius 3 is 2.83 bits per heavy atom. The van der Waals surface area contributed by atoms with Gasteiger partial charge in [-0.2, -0.15) is 0 Å². The lowest BCUT2D eigenvalue weighted by molar-refractivity contribution is -0.123. The normalized spacial score (nSPS) is 24.8. The Hall–Kier alpha value is -1.42. The molecule has 0 radical (unpaired) electrons. The summed E-state index contributed by atoms with van der Waals surface area (Å²) < 4.78 is 0. The van der Waals surface area contributed by atoms with Gasteiger partial charge in [0, 0.05) is 24.9 Å². The van der Waals surface area contributed by atoms with Crippen LogP contribution >= 0.6 is 0 Å². The topological polar surface area (TPSA) is 54.0 Å². The van der Waals surface area contributed by atoms with E-state index in [4.69, 9.17) is 0 Å². The molecular formula is C14H19N3O. The lowest BCUT2D eigenvalue weighted by Crippen LogP contribution is -2.33. The van der Waals surface area contributed by atoms with Gasteiger partial charge in [0.25, 0.3) is 0 Å². The van der Waals surface area contributed by atoms with Gasteiger partial charge in [-0.15, -0.1) is 0 Å². The number of nitrogens with zero attached hydrogens (tertiary/aromatic N) is 1. The first-order chi connectivity index (χ1) is 8.80. The molecular weight excluding hydrogens is 226 g/mol. The molecule has 4 heteroatoms. The predicted molar refractivity (Wildman–Crippen MR) is 68.7 cm³/mol. The molecule has 2 N–H and O–H groups in total. The van der Waals surface area contributed by atoms with Gasteiger partial charge in [0.15, 0.2) is 0 Å². The smallest absolute Gasteiger partial charge is 0.223 e. The Morgan fingerprint density at radius 2 is 2.11 bits per heavy atom. The fourth-order valence-corrected chi connectivity index (χ4v) is 3.01. The van der Waals surface area contributed by atoms with Crippen molar-refractivity contribution in [1.82, 2.24) is 15.6 Å². The first-order valence-electron chi connectivity index (χ1n) is 6.68. The molecule has 18 heavy (non-hydrogen) atoms.